The molecule has 0 spiro atoms. The average Bonchev–Trinajstić information content (AvgIpc) is 3.65. The molecule has 1 aromatic heterocycles. The molecule has 4 nitrogen and oxygen atoms in total. The summed E-state index contributed by atoms with van der Waals surface area (Å²) in [5, 5.41) is 1.36. The molecule has 0 unspecified atom stereocenters. The maximum atomic E-state index is 13.9. The molecule has 0 N–H and O–H groups in total. The van der Waals surface area contributed by atoms with Crippen LogP contribution in [0.15, 0.2) is 60.7 Å². The number of benzene rings is 3. The van der Waals surface area contributed by atoms with Crippen LogP contribution < -0.4 is 9.47 Å². The molecule has 1 aliphatic rings. The lowest BCUT2D eigenvalue weighted by molar-refractivity contribution is 0.273. The van der Waals surface area contributed by atoms with Crippen molar-refractivity contribution in [2.24, 2.45) is 5.92 Å². The highest BCUT2D eigenvalue weighted by molar-refractivity contribution is 6.36. The normalized spacial score (nSPS) is 13.1. The molecule has 9 heteroatoms. The van der Waals surface area contributed by atoms with Gasteiger partial charge < -0.3 is 9.47 Å². The Morgan fingerprint density at radius 2 is 1.57 bits per heavy atom. The van der Waals surface area contributed by atoms with Gasteiger partial charge in [-0.3, -0.25) is 0 Å². The van der Waals surface area contributed by atoms with E-state index in [-0.39, 0.29) is 17.6 Å². The van der Waals surface area contributed by atoms with Crippen molar-refractivity contribution < 1.29 is 18.3 Å². The third-order valence-electron chi connectivity index (χ3n) is 5.43. The van der Waals surface area contributed by atoms with Crippen molar-refractivity contribution in [3.8, 4) is 40.0 Å². The largest absolute Gasteiger partial charge is 0.463 e. The van der Waals surface area contributed by atoms with Crippen molar-refractivity contribution in [1.29, 1.82) is 0 Å². The van der Waals surface area contributed by atoms with Gasteiger partial charge in [0.15, 0.2) is 11.6 Å². The maximum Gasteiger partial charge on any atom is 0.320 e. The topological polar surface area (TPSA) is 44.2 Å². The Labute approximate surface area is 215 Å². The summed E-state index contributed by atoms with van der Waals surface area (Å²) in [7, 11) is 0. The predicted molar refractivity (Wildman–Crippen MR) is 133 cm³/mol. The summed E-state index contributed by atoms with van der Waals surface area (Å²) in [6, 6.07) is 15.3. The third-order valence-corrected chi connectivity index (χ3v) is 6.22. The molecule has 0 amide bonds. The fraction of sp³-hybridized carbons (Fsp3) is 0.154. The molecule has 5 rings (SSSR count). The van der Waals surface area contributed by atoms with Gasteiger partial charge in [-0.25, -0.2) is 8.78 Å². The molecule has 1 saturated carbocycles. The number of hydrogen-bond donors (Lipinski definition) is 0. The van der Waals surface area contributed by atoms with E-state index in [1.165, 1.54) is 6.07 Å². The Hall–Kier alpha value is -2.93. The molecular weight excluding hydrogens is 517 g/mol. The minimum Gasteiger partial charge on any atom is -0.463 e. The Morgan fingerprint density at radius 1 is 0.829 bits per heavy atom. The molecule has 178 valence electrons. The molecular formula is C26H17Cl3F2N2O2. The van der Waals surface area contributed by atoms with Gasteiger partial charge in [-0.1, -0.05) is 46.9 Å². The lowest BCUT2D eigenvalue weighted by atomic mass is 10.00. The van der Waals surface area contributed by atoms with Crippen LogP contribution in [0, 0.1) is 17.6 Å². The van der Waals surface area contributed by atoms with E-state index in [2.05, 4.69) is 9.97 Å². The van der Waals surface area contributed by atoms with Crippen molar-refractivity contribution in [2.45, 2.75) is 12.8 Å². The highest BCUT2D eigenvalue weighted by Gasteiger charge is 2.25. The molecule has 1 fully saturated rings. The van der Waals surface area contributed by atoms with Crippen molar-refractivity contribution in [1.82, 2.24) is 9.97 Å². The molecule has 1 aliphatic carbocycles. The molecule has 3 aromatic carbocycles. The fourth-order valence-electron chi connectivity index (χ4n) is 3.44. The van der Waals surface area contributed by atoms with E-state index in [0.717, 1.165) is 25.0 Å². The van der Waals surface area contributed by atoms with E-state index in [1.807, 2.05) is 0 Å². The van der Waals surface area contributed by atoms with Gasteiger partial charge in [-0.2, -0.15) is 9.97 Å². The molecule has 0 bridgehead atoms. The monoisotopic (exact) mass is 532 g/mol. The lowest BCUT2D eigenvalue weighted by Gasteiger charge is -2.17. The van der Waals surface area contributed by atoms with Crippen molar-refractivity contribution in [3.63, 3.8) is 0 Å². The summed E-state index contributed by atoms with van der Waals surface area (Å²) in [4.78, 5) is 9.14. The highest BCUT2D eigenvalue weighted by Crippen LogP contribution is 2.43. The van der Waals surface area contributed by atoms with Crippen LogP contribution in [0.25, 0.3) is 22.4 Å². The Morgan fingerprint density at radius 3 is 2.26 bits per heavy atom. The first-order chi connectivity index (χ1) is 16.9. The number of hydrogen-bond acceptors (Lipinski definition) is 4. The van der Waals surface area contributed by atoms with E-state index in [0.29, 0.717) is 50.0 Å². The van der Waals surface area contributed by atoms with Crippen LogP contribution >= 0.6 is 34.8 Å². The first kappa shape index (κ1) is 23.8. The minimum absolute atomic E-state index is 0.0547. The maximum absolute atomic E-state index is 13.9. The van der Waals surface area contributed by atoms with E-state index in [4.69, 9.17) is 44.3 Å². The van der Waals surface area contributed by atoms with Gasteiger partial charge in [-0.15, -0.1) is 0 Å². The first-order valence-electron chi connectivity index (χ1n) is 10.8. The second-order valence-corrected chi connectivity index (χ2v) is 9.38. The van der Waals surface area contributed by atoms with Crippen molar-refractivity contribution in [3.05, 3.63) is 87.4 Å². The number of halogens is 5. The van der Waals surface area contributed by atoms with Crippen LogP contribution in [0.3, 0.4) is 0 Å². The summed E-state index contributed by atoms with van der Waals surface area (Å²) < 4.78 is 39.3. The quantitative estimate of drug-likeness (QED) is 0.238. The van der Waals surface area contributed by atoms with Crippen LogP contribution in [0.1, 0.15) is 12.8 Å². The summed E-state index contributed by atoms with van der Waals surface area (Å²) in [6.45, 7) is 0.457. The van der Waals surface area contributed by atoms with Gasteiger partial charge in [-0.05, 0) is 66.8 Å². The van der Waals surface area contributed by atoms with Gasteiger partial charge in [0.05, 0.1) is 22.9 Å². The first-order valence-corrected chi connectivity index (χ1v) is 11.9. The van der Waals surface area contributed by atoms with Crippen molar-refractivity contribution in [2.75, 3.05) is 6.61 Å². The summed E-state index contributed by atoms with van der Waals surface area (Å²) >= 11 is 18.8. The van der Waals surface area contributed by atoms with Crippen LogP contribution in [-0.4, -0.2) is 16.6 Å². The minimum atomic E-state index is -1.05. The average molecular weight is 534 g/mol. The highest BCUT2D eigenvalue weighted by atomic mass is 35.5. The van der Waals surface area contributed by atoms with E-state index in [9.17, 15) is 8.78 Å². The molecule has 0 atom stereocenters. The third kappa shape index (κ3) is 5.50. The fourth-order valence-corrected chi connectivity index (χ4v) is 4.07. The summed E-state index contributed by atoms with van der Waals surface area (Å²) in [6.07, 6.45) is 2.16. The van der Waals surface area contributed by atoms with Gasteiger partial charge in [0, 0.05) is 21.7 Å². The predicted octanol–water partition coefficient (Wildman–Crippen LogP) is 8.63. The van der Waals surface area contributed by atoms with E-state index < -0.39 is 11.6 Å². The number of ether oxygens (including phenoxy) is 2. The van der Waals surface area contributed by atoms with Gasteiger partial charge in [0.2, 0.25) is 5.88 Å². The molecule has 0 aliphatic heterocycles. The second kappa shape index (κ2) is 9.97. The lowest BCUT2D eigenvalue weighted by Crippen LogP contribution is -2.06. The van der Waals surface area contributed by atoms with E-state index >= 15 is 0 Å². The number of aromatic nitrogens is 2. The molecule has 35 heavy (non-hydrogen) atoms. The van der Waals surface area contributed by atoms with Gasteiger partial charge in [0.1, 0.15) is 5.75 Å². The van der Waals surface area contributed by atoms with Crippen LogP contribution in [0.4, 0.5) is 8.78 Å². The molecule has 0 radical (unpaired) electrons. The standard InChI is InChI=1S/C26H17Cl3F2N2O2/c27-16-5-3-15(4-6-16)23-24(19-9-7-17(28)11-20(19)29)32-26(34-13-14-1-2-14)33-25(23)35-18-8-10-21(30)22(31)12-18/h3-12,14H,1-2,13H2. The van der Waals surface area contributed by atoms with E-state index in [1.54, 1.807) is 42.5 Å². The zero-order valence-electron chi connectivity index (χ0n) is 18.1. The van der Waals surface area contributed by atoms with Crippen LogP contribution in [-0.2, 0) is 0 Å². The second-order valence-electron chi connectivity index (χ2n) is 8.10. The molecule has 0 saturated heterocycles. The SMILES string of the molecule is Fc1ccc(Oc2nc(OCC3CC3)nc(-c3ccc(Cl)cc3Cl)c2-c2ccc(Cl)cc2)cc1F. The number of nitrogens with zero attached hydrogens (tertiary/aromatic N) is 2. The summed E-state index contributed by atoms with van der Waals surface area (Å²) in [5.41, 5.74) is 2.12. The Balaban J connectivity index is 1.71. The zero-order valence-corrected chi connectivity index (χ0v) is 20.3. The summed E-state index contributed by atoms with van der Waals surface area (Å²) in [5.74, 6) is -1.44. The van der Waals surface area contributed by atoms with Crippen LogP contribution in [0.5, 0.6) is 17.6 Å². The van der Waals surface area contributed by atoms with Gasteiger partial charge >= 0.3 is 6.01 Å². The Kier molecular flexibility index (Phi) is 6.78. The van der Waals surface area contributed by atoms with Gasteiger partial charge in [0.25, 0.3) is 0 Å². The van der Waals surface area contributed by atoms with Crippen molar-refractivity contribution >= 4 is 34.8 Å². The Bertz CT molecular complexity index is 1400. The zero-order chi connectivity index (χ0) is 24.5. The van der Waals surface area contributed by atoms with Crippen LogP contribution in [0.2, 0.25) is 15.1 Å². The number of rotatable bonds is 7. The molecule has 1 heterocycles. The smallest absolute Gasteiger partial charge is 0.320 e. The molecule has 4 aromatic rings.